The molecule has 2 aromatic rings. The minimum absolute atomic E-state index is 0.139. The van der Waals surface area contributed by atoms with E-state index in [0.29, 0.717) is 5.56 Å². The first-order valence-corrected chi connectivity index (χ1v) is 7.29. The molecule has 0 aliphatic carbocycles. The van der Waals surface area contributed by atoms with Crippen LogP contribution in [0.5, 0.6) is 0 Å². The maximum atomic E-state index is 12.4. The van der Waals surface area contributed by atoms with Crippen LogP contribution < -0.4 is 0 Å². The largest absolute Gasteiger partial charge is 0.298 e. The molecule has 5 heteroatoms. The minimum Gasteiger partial charge on any atom is -0.298 e. The summed E-state index contributed by atoms with van der Waals surface area (Å²) in [6.07, 6.45) is 0.195. The van der Waals surface area contributed by atoms with Gasteiger partial charge < -0.3 is 0 Å². The van der Waals surface area contributed by atoms with Gasteiger partial charge in [0.25, 0.3) is 0 Å². The molecule has 0 aliphatic heterocycles. The van der Waals surface area contributed by atoms with E-state index >= 15 is 0 Å². The molecule has 0 saturated carbocycles. The molecule has 0 bridgehead atoms. The second-order valence-electron chi connectivity index (χ2n) is 4.75. The summed E-state index contributed by atoms with van der Waals surface area (Å²) in [6, 6.07) is 16.3. The quantitative estimate of drug-likeness (QED) is 0.592. The summed E-state index contributed by atoms with van der Waals surface area (Å²) >= 11 is 3.34. The van der Waals surface area contributed by atoms with Crippen molar-refractivity contribution in [2.75, 3.05) is 6.54 Å². The number of carbonyl (C=O) groups is 1. The average molecular weight is 348 g/mol. The zero-order valence-electron chi connectivity index (χ0n) is 11.2. The van der Waals surface area contributed by atoms with Gasteiger partial charge in [-0.25, -0.2) is 0 Å². The summed E-state index contributed by atoms with van der Waals surface area (Å²) in [6.45, 7) is -0.376. The standard InChI is InChI=1S/C16H14BrNO3/c17-14-8-6-12(7-9-14)10-16(19)15(11-18(20)21)13-4-2-1-3-5-13/h1-9,15H,10-11H2. The fraction of sp³-hybridized carbons (Fsp3) is 0.188. The molecule has 4 nitrogen and oxygen atoms in total. The molecule has 21 heavy (non-hydrogen) atoms. The predicted molar refractivity (Wildman–Crippen MR) is 83.9 cm³/mol. The van der Waals surface area contributed by atoms with E-state index in [4.69, 9.17) is 0 Å². The van der Waals surface area contributed by atoms with E-state index in [9.17, 15) is 14.9 Å². The lowest BCUT2D eigenvalue weighted by molar-refractivity contribution is -0.481. The van der Waals surface area contributed by atoms with Crippen LogP contribution in [-0.2, 0) is 11.2 Å². The Bertz CT molecular complexity index is 626. The number of nitrogens with zero attached hydrogens (tertiary/aromatic N) is 1. The topological polar surface area (TPSA) is 60.2 Å². The smallest absolute Gasteiger partial charge is 0.217 e. The van der Waals surface area contributed by atoms with Crippen molar-refractivity contribution >= 4 is 21.7 Å². The molecule has 0 aliphatic rings. The normalized spacial score (nSPS) is 11.9. The Hall–Kier alpha value is -2.01. The summed E-state index contributed by atoms with van der Waals surface area (Å²) < 4.78 is 0.934. The molecule has 2 aromatic carbocycles. The fourth-order valence-corrected chi connectivity index (χ4v) is 2.42. The maximum Gasteiger partial charge on any atom is 0.217 e. The lowest BCUT2D eigenvalue weighted by atomic mass is 9.91. The van der Waals surface area contributed by atoms with E-state index in [2.05, 4.69) is 15.9 Å². The van der Waals surface area contributed by atoms with E-state index in [1.165, 1.54) is 0 Å². The molecule has 0 radical (unpaired) electrons. The van der Waals surface area contributed by atoms with E-state index < -0.39 is 10.8 Å². The van der Waals surface area contributed by atoms with Gasteiger partial charge in [0.2, 0.25) is 6.54 Å². The van der Waals surface area contributed by atoms with Crippen LogP contribution in [-0.4, -0.2) is 17.3 Å². The van der Waals surface area contributed by atoms with Crippen molar-refractivity contribution in [1.82, 2.24) is 0 Å². The Morgan fingerprint density at radius 1 is 1.10 bits per heavy atom. The van der Waals surface area contributed by atoms with Crippen molar-refractivity contribution in [3.05, 3.63) is 80.3 Å². The number of ketones is 1. The molecule has 1 atom stereocenters. The summed E-state index contributed by atoms with van der Waals surface area (Å²) in [5.41, 5.74) is 1.55. The molecule has 0 amide bonds. The first kappa shape index (κ1) is 15.4. The van der Waals surface area contributed by atoms with Crippen LogP contribution in [0.15, 0.2) is 59.1 Å². The second-order valence-corrected chi connectivity index (χ2v) is 5.66. The molecule has 0 fully saturated rings. The molecule has 108 valence electrons. The Kier molecular flexibility index (Phi) is 5.22. The zero-order valence-corrected chi connectivity index (χ0v) is 12.8. The lowest BCUT2D eigenvalue weighted by Crippen LogP contribution is -2.23. The third kappa shape index (κ3) is 4.49. The molecule has 0 aromatic heterocycles. The molecular weight excluding hydrogens is 334 g/mol. The lowest BCUT2D eigenvalue weighted by Gasteiger charge is -2.12. The Morgan fingerprint density at radius 3 is 2.29 bits per heavy atom. The van der Waals surface area contributed by atoms with Gasteiger partial charge in [-0.15, -0.1) is 0 Å². The number of hydrogen-bond donors (Lipinski definition) is 0. The van der Waals surface area contributed by atoms with E-state index in [0.717, 1.165) is 10.0 Å². The highest BCUT2D eigenvalue weighted by molar-refractivity contribution is 9.10. The van der Waals surface area contributed by atoms with Gasteiger partial charge >= 0.3 is 0 Å². The summed E-state index contributed by atoms with van der Waals surface area (Å²) in [5.74, 6) is -0.843. The number of nitro groups is 1. The van der Waals surface area contributed by atoms with Crippen molar-refractivity contribution in [2.45, 2.75) is 12.3 Å². The van der Waals surface area contributed by atoms with Crippen molar-refractivity contribution in [2.24, 2.45) is 0 Å². The molecule has 0 saturated heterocycles. The van der Waals surface area contributed by atoms with Crippen LogP contribution in [0.1, 0.15) is 17.0 Å². The minimum atomic E-state index is -0.704. The second kappa shape index (κ2) is 7.13. The van der Waals surface area contributed by atoms with Crippen LogP contribution in [0.2, 0.25) is 0 Å². The average Bonchev–Trinajstić information content (AvgIpc) is 2.48. The van der Waals surface area contributed by atoms with Gasteiger partial charge in [0.15, 0.2) is 5.78 Å². The van der Waals surface area contributed by atoms with Gasteiger partial charge in [0.05, 0.1) is 0 Å². The van der Waals surface area contributed by atoms with Gasteiger partial charge in [-0.2, -0.15) is 0 Å². The summed E-state index contributed by atoms with van der Waals surface area (Å²) in [5, 5.41) is 10.8. The van der Waals surface area contributed by atoms with Crippen LogP contribution in [0.25, 0.3) is 0 Å². The molecule has 0 spiro atoms. The molecular formula is C16H14BrNO3. The third-order valence-corrected chi connectivity index (χ3v) is 3.74. The Labute approximate surface area is 131 Å². The highest BCUT2D eigenvalue weighted by Gasteiger charge is 2.25. The molecule has 0 N–H and O–H groups in total. The zero-order chi connectivity index (χ0) is 15.2. The van der Waals surface area contributed by atoms with Gasteiger partial charge in [-0.1, -0.05) is 58.4 Å². The van der Waals surface area contributed by atoms with Gasteiger partial charge in [0, 0.05) is 15.8 Å². The third-order valence-electron chi connectivity index (χ3n) is 3.21. The number of carbonyl (C=O) groups excluding carboxylic acids is 1. The highest BCUT2D eigenvalue weighted by atomic mass is 79.9. The van der Waals surface area contributed by atoms with E-state index in [1.54, 1.807) is 24.3 Å². The number of halogens is 1. The number of rotatable bonds is 6. The maximum absolute atomic E-state index is 12.4. The molecule has 2 rings (SSSR count). The van der Waals surface area contributed by atoms with Crippen LogP contribution in [0.4, 0.5) is 0 Å². The number of Topliss-reactive ketones (excluding diaryl/α,β-unsaturated/α-hetero) is 1. The van der Waals surface area contributed by atoms with Crippen LogP contribution in [0, 0.1) is 10.1 Å². The fourth-order valence-electron chi connectivity index (χ4n) is 2.15. The van der Waals surface area contributed by atoms with Crippen molar-refractivity contribution in [3.63, 3.8) is 0 Å². The van der Waals surface area contributed by atoms with E-state index in [1.807, 2.05) is 30.3 Å². The summed E-state index contributed by atoms with van der Waals surface area (Å²) in [7, 11) is 0. The van der Waals surface area contributed by atoms with E-state index in [-0.39, 0.29) is 18.7 Å². The predicted octanol–water partition coefficient (Wildman–Crippen LogP) is 3.62. The monoisotopic (exact) mass is 347 g/mol. The van der Waals surface area contributed by atoms with Gasteiger partial charge in [-0.05, 0) is 23.3 Å². The van der Waals surface area contributed by atoms with Crippen LogP contribution >= 0.6 is 15.9 Å². The Morgan fingerprint density at radius 2 is 1.71 bits per heavy atom. The Balaban J connectivity index is 2.18. The molecule has 1 unspecified atom stereocenters. The summed E-state index contributed by atoms with van der Waals surface area (Å²) in [4.78, 5) is 22.8. The SMILES string of the molecule is O=C(Cc1ccc(Br)cc1)C(C[N+](=O)[O-])c1ccccc1. The molecule has 0 heterocycles. The van der Waals surface area contributed by atoms with Crippen molar-refractivity contribution in [3.8, 4) is 0 Å². The first-order valence-electron chi connectivity index (χ1n) is 6.50. The van der Waals surface area contributed by atoms with Crippen LogP contribution in [0.3, 0.4) is 0 Å². The van der Waals surface area contributed by atoms with Gasteiger partial charge in [-0.3, -0.25) is 14.9 Å². The van der Waals surface area contributed by atoms with Gasteiger partial charge in [0.1, 0.15) is 5.92 Å². The highest BCUT2D eigenvalue weighted by Crippen LogP contribution is 2.20. The van der Waals surface area contributed by atoms with Crippen molar-refractivity contribution < 1.29 is 9.72 Å². The first-order chi connectivity index (χ1) is 10.1. The number of hydrogen-bond acceptors (Lipinski definition) is 3. The van der Waals surface area contributed by atoms with Crippen molar-refractivity contribution in [1.29, 1.82) is 0 Å². The number of benzene rings is 2.